The van der Waals surface area contributed by atoms with Gasteiger partial charge in [-0.1, -0.05) is 47.5 Å². The van der Waals surface area contributed by atoms with E-state index >= 15 is 0 Å². The molecule has 0 saturated carbocycles. The molecule has 1 amide bonds. The van der Waals surface area contributed by atoms with E-state index in [1.165, 1.54) is 16.8 Å². The number of anilines is 1. The highest BCUT2D eigenvalue weighted by Gasteiger charge is 2.29. The largest absolute Gasteiger partial charge is 0.489 e. The monoisotopic (exact) mass is 628 g/mol. The third-order valence-corrected chi connectivity index (χ3v) is 9.49. The molecule has 1 N–H and O–H groups in total. The molecule has 1 aliphatic rings. The van der Waals surface area contributed by atoms with Crippen LogP contribution < -0.4 is 15.0 Å². The number of benzene rings is 3. The van der Waals surface area contributed by atoms with Crippen molar-refractivity contribution in [3.05, 3.63) is 104 Å². The zero-order valence-corrected chi connectivity index (χ0v) is 25.6. The molecule has 220 valence electrons. The van der Waals surface area contributed by atoms with E-state index in [9.17, 15) is 18.0 Å². The fourth-order valence-electron chi connectivity index (χ4n) is 5.01. The average Bonchev–Trinajstić information content (AvgIpc) is 3.18. The summed E-state index contributed by atoms with van der Waals surface area (Å²) in [6.45, 7) is 4.26. The van der Waals surface area contributed by atoms with E-state index in [1.807, 2.05) is 6.07 Å². The van der Waals surface area contributed by atoms with Gasteiger partial charge in [-0.2, -0.15) is 0 Å². The van der Waals surface area contributed by atoms with Gasteiger partial charge in [0.15, 0.2) is 0 Å². The first-order chi connectivity index (χ1) is 20.0. The standard InChI is InChI=1S/C30H30Cl2N4O5S/c1-19-11-13-24(42(39,40)33-28-20(2)34(3)36(30(28)38)21-8-5-4-6-9-21)17-25(19)29(37)35-15-7-10-23(18-35)41-22-12-14-26(31)27(32)16-22/h4-6,8-9,11-14,16-17,23,33H,7,10,15,18H2,1-3H3. The van der Waals surface area contributed by atoms with Gasteiger partial charge in [0.25, 0.3) is 21.5 Å². The molecule has 1 aliphatic heterocycles. The number of halogens is 2. The van der Waals surface area contributed by atoms with Gasteiger partial charge in [0.2, 0.25) is 0 Å². The molecule has 1 unspecified atom stereocenters. The summed E-state index contributed by atoms with van der Waals surface area (Å²) in [6, 6.07) is 18.3. The Balaban J connectivity index is 1.38. The Hall–Kier alpha value is -3.73. The van der Waals surface area contributed by atoms with Crippen molar-refractivity contribution in [2.45, 2.75) is 37.7 Å². The van der Waals surface area contributed by atoms with Crippen molar-refractivity contribution in [1.29, 1.82) is 0 Å². The van der Waals surface area contributed by atoms with Crippen molar-refractivity contribution in [2.75, 3.05) is 17.8 Å². The molecule has 12 heteroatoms. The van der Waals surface area contributed by atoms with Crippen LogP contribution in [0.4, 0.5) is 5.69 Å². The minimum Gasteiger partial charge on any atom is -0.489 e. The number of aryl methyl sites for hydroxylation is 1. The normalized spacial score (nSPS) is 15.5. The van der Waals surface area contributed by atoms with E-state index in [4.69, 9.17) is 27.9 Å². The number of sulfonamides is 1. The van der Waals surface area contributed by atoms with Crippen molar-refractivity contribution in [2.24, 2.45) is 7.05 Å². The summed E-state index contributed by atoms with van der Waals surface area (Å²) in [6.07, 6.45) is 1.21. The predicted molar refractivity (Wildman–Crippen MR) is 164 cm³/mol. The molecule has 42 heavy (non-hydrogen) atoms. The van der Waals surface area contributed by atoms with Crippen LogP contribution in [0.15, 0.2) is 76.4 Å². The molecule has 1 atom stereocenters. The summed E-state index contributed by atoms with van der Waals surface area (Å²) in [4.78, 5) is 28.5. The first-order valence-corrected chi connectivity index (χ1v) is 15.6. The van der Waals surface area contributed by atoms with Gasteiger partial charge in [0.05, 0.1) is 32.9 Å². The number of amides is 1. The number of para-hydroxylation sites is 1. The molecule has 2 heterocycles. The minimum absolute atomic E-state index is 0.0619. The smallest absolute Gasteiger partial charge is 0.296 e. The van der Waals surface area contributed by atoms with Crippen LogP contribution >= 0.6 is 23.2 Å². The minimum atomic E-state index is -4.20. The van der Waals surface area contributed by atoms with Gasteiger partial charge in [-0.15, -0.1) is 0 Å². The third-order valence-electron chi connectivity index (χ3n) is 7.40. The molecular formula is C30H30Cl2N4O5S. The molecule has 0 radical (unpaired) electrons. The second-order valence-electron chi connectivity index (χ2n) is 10.2. The summed E-state index contributed by atoms with van der Waals surface area (Å²) in [7, 11) is -2.52. The number of nitrogens with one attached hydrogen (secondary N) is 1. The highest BCUT2D eigenvalue weighted by atomic mass is 35.5. The van der Waals surface area contributed by atoms with Crippen LogP contribution in [0.3, 0.4) is 0 Å². The van der Waals surface area contributed by atoms with Gasteiger partial charge in [-0.25, -0.2) is 13.1 Å². The van der Waals surface area contributed by atoms with Crippen LogP contribution in [0.5, 0.6) is 5.75 Å². The van der Waals surface area contributed by atoms with Crippen molar-refractivity contribution in [3.8, 4) is 11.4 Å². The van der Waals surface area contributed by atoms with E-state index < -0.39 is 15.6 Å². The summed E-state index contributed by atoms with van der Waals surface area (Å²) < 4.78 is 38.5. The topological polar surface area (TPSA) is 103 Å². The maximum Gasteiger partial charge on any atom is 0.296 e. The van der Waals surface area contributed by atoms with E-state index in [0.29, 0.717) is 45.8 Å². The molecule has 4 aromatic rings. The lowest BCUT2D eigenvalue weighted by molar-refractivity contribution is 0.0537. The number of carbonyl (C=O) groups excluding carboxylic acids is 1. The number of piperidine rings is 1. The molecule has 0 bridgehead atoms. The number of aromatic nitrogens is 2. The summed E-state index contributed by atoms with van der Waals surface area (Å²) in [5.41, 5.74) is 1.37. The molecule has 3 aromatic carbocycles. The third kappa shape index (κ3) is 5.92. The van der Waals surface area contributed by atoms with Crippen molar-refractivity contribution in [1.82, 2.24) is 14.3 Å². The Kier molecular flexibility index (Phi) is 8.41. The van der Waals surface area contributed by atoms with Crippen molar-refractivity contribution in [3.63, 3.8) is 0 Å². The Bertz CT molecular complexity index is 1820. The number of rotatable bonds is 7. The average molecular weight is 630 g/mol. The highest BCUT2D eigenvalue weighted by molar-refractivity contribution is 7.92. The fourth-order valence-corrected chi connectivity index (χ4v) is 6.44. The number of hydrogen-bond acceptors (Lipinski definition) is 5. The maximum atomic E-state index is 13.6. The first-order valence-electron chi connectivity index (χ1n) is 13.3. The molecule has 1 fully saturated rings. The molecule has 9 nitrogen and oxygen atoms in total. The number of ether oxygens (including phenoxy) is 1. The molecule has 0 aliphatic carbocycles. The number of hydrogen-bond donors (Lipinski definition) is 1. The number of carbonyl (C=O) groups is 1. The van der Waals surface area contributed by atoms with Crippen LogP contribution in [0.2, 0.25) is 10.0 Å². The number of likely N-dealkylation sites (tertiary alicyclic amines) is 1. The van der Waals surface area contributed by atoms with Crippen LogP contribution in [0.25, 0.3) is 5.69 Å². The van der Waals surface area contributed by atoms with Crippen LogP contribution in [-0.2, 0) is 17.1 Å². The van der Waals surface area contributed by atoms with Crippen LogP contribution in [0, 0.1) is 13.8 Å². The lowest BCUT2D eigenvalue weighted by atomic mass is 10.0. The van der Waals surface area contributed by atoms with E-state index in [2.05, 4.69) is 4.72 Å². The quantitative estimate of drug-likeness (QED) is 0.288. The van der Waals surface area contributed by atoms with Crippen LogP contribution in [0.1, 0.15) is 34.5 Å². The second-order valence-corrected chi connectivity index (χ2v) is 12.7. The zero-order chi connectivity index (χ0) is 30.2. The SMILES string of the molecule is Cc1ccc(S(=O)(=O)Nc2c(C)n(C)n(-c3ccccc3)c2=O)cc1C(=O)N1CCCC(Oc2ccc(Cl)c(Cl)c2)C1. The van der Waals surface area contributed by atoms with Gasteiger partial charge in [0, 0.05) is 25.2 Å². The van der Waals surface area contributed by atoms with E-state index in [1.54, 1.807) is 79.0 Å². The lowest BCUT2D eigenvalue weighted by Crippen LogP contribution is -2.44. The zero-order valence-electron chi connectivity index (χ0n) is 23.3. The number of nitrogens with zero attached hydrogens (tertiary/aromatic N) is 3. The summed E-state index contributed by atoms with van der Waals surface area (Å²) in [5, 5.41) is 0.804. The van der Waals surface area contributed by atoms with Gasteiger partial charge in [-0.3, -0.25) is 19.0 Å². The van der Waals surface area contributed by atoms with E-state index in [0.717, 1.165) is 12.8 Å². The Morgan fingerprint density at radius 1 is 1.00 bits per heavy atom. The highest BCUT2D eigenvalue weighted by Crippen LogP contribution is 2.29. The van der Waals surface area contributed by atoms with Crippen molar-refractivity contribution < 1.29 is 17.9 Å². The van der Waals surface area contributed by atoms with Crippen molar-refractivity contribution >= 4 is 44.8 Å². The lowest BCUT2D eigenvalue weighted by Gasteiger charge is -2.33. The second kappa shape index (κ2) is 11.9. The van der Waals surface area contributed by atoms with Gasteiger partial charge in [0.1, 0.15) is 17.5 Å². The molecule has 1 aromatic heterocycles. The summed E-state index contributed by atoms with van der Waals surface area (Å²) >= 11 is 12.1. The molecular weight excluding hydrogens is 599 g/mol. The van der Waals surface area contributed by atoms with Gasteiger partial charge < -0.3 is 9.64 Å². The first kappa shape index (κ1) is 29.8. The predicted octanol–water partition coefficient (Wildman–Crippen LogP) is 5.58. The molecule has 0 spiro atoms. The summed E-state index contributed by atoms with van der Waals surface area (Å²) in [5.74, 6) is 0.260. The fraction of sp³-hybridized carbons (Fsp3) is 0.267. The molecule has 1 saturated heterocycles. The maximum absolute atomic E-state index is 13.6. The van der Waals surface area contributed by atoms with Gasteiger partial charge >= 0.3 is 0 Å². The van der Waals surface area contributed by atoms with E-state index in [-0.39, 0.29) is 28.2 Å². The Labute approximate surface area is 254 Å². The Morgan fingerprint density at radius 2 is 1.74 bits per heavy atom. The van der Waals surface area contributed by atoms with Gasteiger partial charge in [-0.05, 0) is 68.7 Å². The van der Waals surface area contributed by atoms with Crippen LogP contribution in [-0.4, -0.2) is 47.8 Å². The Morgan fingerprint density at radius 3 is 2.45 bits per heavy atom. The molecule has 5 rings (SSSR count).